The smallest absolute Gasteiger partial charge is 0.272 e. The minimum absolute atomic E-state index is 0.571. The van der Waals surface area contributed by atoms with Crippen LogP contribution in [0.25, 0.3) is 11.3 Å². The molecule has 0 aliphatic carbocycles. The SMILES string of the molecule is Cc1cc(-c2ccc(C(F)(F)F)nc2)nn1C. The summed E-state index contributed by atoms with van der Waals surface area (Å²) in [5.74, 6) is 0. The van der Waals surface area contributed by atoms with E-state index in [4.69, 9.17) is 0 Å². The van der Waals surface area contributed by atoms with E-state index in [2.05, 4.69) is 10.1 Å². The van der Waals surface area contributed by atoms with Crippen molar-refractivity contribution in [1.82, 2.24) is 14.8 Å². The van der Waals surface area contributed by atoms with E-state index >= 15 is 0 Å². The molecule has 0 aliphatic rings. The molecule has 6 heteroatoms. The molecule has 3 nitrogen and oxygen atoms in total. The number of pyridine rings is 1. The second kappa shape index (κ2) is 3.87. The molecule has 2 heterocycles. The number of hydrogen-bond acceptors (Lipinski definition) is 2. The molecule has 2 aromatic rings. The zero-order chi connectivity index (χ0) is 12.6. The number of rotatable bonds is 1. The van der Waals surface area contributed by atoms with E-state index in [0.717, 1.165) is 11.8 Å². The third-order valence-corrected chi connectivity index (χ3v) is 2.46. The standard InChI is InChI=1S/C11H10F3N3/c1-7-5-9(16-17(7)2)8-3-4-10(15-6-8)11(12,13)14/h3-6H,1-2H3. The van der Waals surface area contributed by atoms with Gasteiger partial charge >= 0.3 is 6.18 Å². The van der Waals surface area contributed by atoms with E-state index in [1.807, 2.05) is 6.92 Å². The predicted molar refractivity (Wildman–Crippen MR) is 56.2 cm³/mol. The van der Waals surface area contributed by atoms with Gasteiger partial charge in [0, 0.05) is 24.5 Å². The predicted octanol–water partition coefficient (Wildman–Crippen LogP) is 2.81. The molecule has 0 amide bonds. The van der Waals surface area contributed by atoms with Crippen LogP contribution in [0.5, 0.6) is 0 Å². The van der Waals surface area contributed by atoms with Crippen LogP contribution in [0.2, 0.25) is 0 Å². The number of aromatic nitrogens is 3. The Bertz CT molecular complexity index is 506. The van der Waals surface area contributed by atoms with E-state index in [1.54, 1.807) is 17.8 Å². The average molecular weight is 241 g/mol. The van der Waals surface area contributed by atoms with E-state index in [9.17, 15) is 13.2 Å². The molecular weight excluding hydrogens is 231 g/mol. The lowest BCUT2D eigenvalue weighted by Gasteiger charge is -2.05. The lowest BCUT2D eigenvalue weighted by Crippen LogP contribution is -2.07. The van der Waals surface area contributed by atoms with Gasteiger partial charge in [-0.3, -0.25) is 9.67 Å². The zero-order valence-corrected chi connectivity index (χ0v) is 9.28. The number of aryl methyl sites for hydroxylation is 2. The Morgan fingerprint density at radius 2 is 1.94 bits per heavy atom. The van der Waals surface area contributed by atoms with Crippen molar-refractivity contribution in [2.75, 3.05) is 0 Å². The van der Waals surface area contributed by atoms with Crippen LogP contribution in [-0.2, 0) is 13.2 Å². The molecule has 17 heavy (non-hydrogen) atoms. The second-order valence-corrected chi connectivity index (χ2v) is 3.72. The third kappa shape index (κ3) is 2.30. The first kappa shape index (κ1) is 11.6. The lowest BCUT2D eigenvalue weighted by atomic mass is 10.2. The molecule has 0 fully saturated rings. The summed E-state index contributed by atoms with van der Waals surface area (Å²) in [5.41, 5.74) is 1.22. The van der Waals surface area contributed by atoms with Gasteiger partial charge in [-0.15, -0.1) is 0 Å². The summed E-state index contributed by atoms with van der Waals surface area (Å²) in [5, 5.41) is 4.17. The molecule has 0 N–H and O–H groups in total. The Balaban J connectivity index is 2.36. The van der Waals surface area contributed by atoms with Crippen molar-refractivity contribution >= 4 is 0 Å². The van der Waals surface area contributed by atoms with Gasteiger partial charge in [-0.25, -0.2) is 0 Å². The minimum atomic E-state index is -4.40. The first-order valence-electron chi connectivity index (χ1n) is 4.92. The third-order valence-electron chi connectivity index (χ3n) is 2.46. The molecule has 2 aromatic heterocycles. The molecule has 0 saturated heterocycles. The van der Waals surface area contributed by atoms with Gasteiger partial charge in [0.2, 0.25) is 0 Å². The largest absolute Gasteiger partial charge is 0.433 e. The number of alkyl halides is 3. The lowest BCUT2D eigenvalue weighted by molar-refractivity contribution is -0.141. The summed E-state index contributed by atoms with van der Waals surface area (Å²) >= 11 is 0. The quantitative estimate of drug-likeness (QED) is 0.768. The van der Waals surface area contributed by atoms with Crippen molar-refractivity contribution in [3.63, 3.8) is 0 Å². The topological polar surface area (TPSA) is 30.7 Å². The van der Waals surface area contributed by atoms with Crippen molar-refractivity contribution in [2.24, 2.45) is 7.05 Å². The number of hydrogen-bond donors (Lipinski definition) is 0. The van der Waals surface area contributed by atoms with Crippen LogP contribution in [0.1, 0.15) is 11.4 Å². The van der Waals surface area contributed by atoms with E-state index in [-0.39, 0.29) is 0 Å². The summed E-state index contributed by atoms with van der Waals surface area (Å²) in [6, 6.07) is 4.13. The van der Waals surface area contributed by atoms with E-state index in [1.165, 1.54) is 12.3 Å². The molecule has 90 valence electrons. The van der Waals surface area contributed by atoms with Crippen molar-refractivity contribution in [2.45, 2.75) is 13.1 Å². The van der Waals surface area contributed by atoms with Crippen LogP contribution in [0.15, 0.2) is 24.4 Å². The molecular formula is C11H10F3N3. The van der Waals surface area contributed by atoms with Crippen LogP contribution in [-0.4, -0.2) is 14.8 Å². The summed E-state index contributed by atoms with van der Waals surface area (Å²) in [6.07, 6.45) is -3.22. The van der Waals surface area contributed by atoms with Crippen molar-refractivity contribution in [1.29, 1.82) is 0 Å². The van der Waals surface area contributed by atoms with Gasteiger partial charge in [0.1, 0.15) is 5.69 Å². The van der Waals surface area contributed by atoms with Gasteiger partial charge in [0.25, 0.3) is 0 Å². The molecule has 0 aliphatic heterocycles. The molecule has 0 radical (unpaired) electrons. The highest BCUT2D eigenvalue weighted by molar-refractivity contribution is 5.58. The average Bonchev–Trinajstić information content (AvgIpc) is 2.58. The van der Waals surface area contributed by atoms with Gasteiger partial charge in [0.15, 0.2) is 0 Å². The van der Waals surface area contributed by atoms with Gasteiger partial charge in [-0.05, 0) is 25.1 Å². The summed E-state index contributed by atoms with van der Waals surface area (Å²) in [7, 11) is 1.77. The fourth-order valence-corrected chi connectivity index (χ4v) is 1.41. The highest BCUT2D eigenvalue weighted by Gasteiger charge is 2.32. The fraction of sp³-hybridized carbons (Fsp3) is 0.273. The fourth-order valence-electron chi connectivity index (χ4n) is 1.41. The van der Waals surface area contributed by atoms with Gasteiger partial charge in [-0.1, -0.05) is 0 Å². The van der Waals surface area contributed by atoms with Gasteiger partial charge in [0.05, 0.1) is 5.69 Å². The van der Waals surface area contributed by atoms with Gasteiger partial charge < -0.3 is 0 Å². The first-order chi connectivity index (χ1) is 7.88. The Morgan fingerprint density at radius 1 is 1.24 bits per heavy atom. The van der Waals surface area contributed by atoms with Crippen molar-refractivity contribution < 1.29 is 13.2 Å². The van der Waals surface area contributed by atoms with Crippen LogP contribution in [0.4, 0.5) is 13.2 Å². The summed E-state index contributed by atoms with van der Waals surface area (Å²) in [6.45, 7) is 1.87. The molecule has 2 rings (SSSR count). The Labute approximate surface area is 95.9 Å². The maximum Gasteiger partial charge on any atom is 0.433 e. The normalized spacial score (nSPS) is 11.8. The Morgan fingerprint density at radius 3 is 2.35 bits per heavy atom. The molecule has 0 atom stereocenters. The Hall–Kier alpha value is -1.85. The molecule has 0 aromatic carbocycles. The maximum atomic E-state index is 12.3. The number of halogens is 3. The molecule has 0 unspecified atom stereocenters. The Kier molecular flexibility index (Phi) is 2.65. The van der Waals surface area contributed by atoms with E-state index < -0.39 is 11.9 Å². The van der Waals surface area contributed by atoms with Crippen molar-refractivity contribution in [3.05, 3.63) is 35.8 Å². The second-order valence-electron chi connectivity index (χ2n) is 3.72. The minimum Gasteiger partial charge on any atom is -0.272 e. The van der Waals surface area contributed by atoms with Crippen LogP contribution < -0.4 is 0 Å². The monoisotopic (exact) mass is 241 g/mol. The maximum absolute atomic E-state index is 12.3. The van der Waals surface area contributed by atoms with Crippen molar-refractivity contribution in [3.8, 4) is 11.3 Å². The van der Waals surface area contributed by atoms with Gasteiger partial charge in [-0.2, -0.15) is 18.3 Å². The molecule has 0 bridgehead atoms. The zero-order valence-electron chi connectivity index (χ0n) is 9.28. The molecule has 0 saturated carbocycles. The van der Waals surface area contributed by atoms with Crippen LogP contribution >= 0.6 is 0 Å². The highest BCUT2D eigenvalue weighted by Crippen LogP contribution is 2.28. The summed E-state index contributed by atoms with van der Waals surface area (Å²) in [4.78, 5) is 3.39. The van der Waals surface area contributed by atoms with Crippen LogP contribution in [0.3, 0.4) is 0 Å². The highest BCUT2D eigenvalue weighted by atomic mass is 19.4. The first-order valence-corrected chi connectivity index (χ1v) is 4.92. The van der Waals surface area contributed by atoms with Crippen LogP contribution in [0, 0.1) is 6.92 Å². The number of nitrogens with zero attached hydrogens (tertiary/aromatic N) is 3. The summed E-state index contributed by atoms with van der Waals surface area (Å²) < 4.78 is 38.6. The van der Waals surface area contributed by atoms with E-state index in [0.29, 0.717) is 11.3 Å². The molecule has 0 spiro atoms.